The number of hydrogen-bond acceptors (Lipinski definition) is 4. The summed E-state index contributed by atoms with van der Waals surface area (Å²) in [5.74, 6) is 1.47. The summed E-state index contributed by atoms with van der Waals surface area (Å²) in [5, 5.41) is 0. The molecule has 2 heterocycles. The Morgan fingerprint density at radius 2 is 1.56 bits per heavy atom. The number of nitrogens with zero attached hydrogens (tertiary/aromatic N) is 2. The first-order valence-corrected chi connectivity index (χ1v) is 8.94. The normalized spacial score (nSPS) is 18.3. The zero-order valence-corrected chi connectivity index (χ0v) is 15.0. The topological polar surface area (TPSA) is 59.1 Å². The Bertz CT molecular complexity index is 632. The molecule has 2 saturated heterocycles. The predicted molar refractivity (Wildman–Crippen MR) is 94.0 cm³/mol. The number of carbonyl (C=O) groups excluding carboxylic acids is 2. The zero-order chi connectivity index (χ0) is 17.8. The SMILES string of the molecule is COc1ccc(C(=O)N2CCC(C(=O)N3CCCC3)CC2)cc1OC. The summed E-state index contributed by atoms with van der Waals surface area (Å²) in [6, 6.07) is 5.21. The Labute approximate surface area is 148 Å². The van der Waals surface area contributed by atoms with Crippen LogP contribution in [0.3, 0.4) is 0 Å². The average Bonchev–Trinajstić information content (AvgIpc) is 3.21. The third kappa shape index (κ3) is 3.72. The third-order valence-corrected chi connectivity index (χ3v) is 5.18. The molecule has 2 aliphatic rings. The minimum atomic E-state index is -0.0203. The quantitative estimate of drug-likeness (QED) is 0.838. The number of amides is 2. The average molecular weight is 346 g/mol. The van der Waals surface area contributed by atoms with Gasteiger partial charge in [-0.1, -0.05) is 0 Å². The van der Waals surface area contributed by atoms with Crippen LogP contribution in [-0.2, 0) is 4.79 Å². The highest BCUT2D eigenvalue weighted by atomic mass is 16.5. The van der Waals surface area contributed by atoms with Gasteiger partial charge >= 0.3 is 0 Å². The molecular formula is C19H26N2O4. The van der Waals surface area contributed by atoms with Crippen LogP contribution in [0.4, 0.5) is 0 Å². The molecule has 1 aromatic rings. The van der Waals surface area contributed by atoms with E-state index in [4.69, 9.17) is 9.47 Å². The van der Waals surface area contributed by atoms with Gasteiger partial charge in [0.1, 0.15) is 0 Å². The molecule has 0 atom stereocenters. The minimum Gasteiger partial charge on any atom is -0.493 e. The summed E-state index contributed by atoms with van der Waals surface area (Å²) in [4.78, 5) is 29.0. The molecule has 6 heteroatoms. The van der Waals surface area contributed by atoms with Crippen molar-refractivity contribution in [2.24, 2.45) is 5.92 Å². The molecule has 0 saturated carbocycles. The molecule has 0 bridgehead atoms. The second-order valence-corrected chi connectivity index (χ2v) is 6.67. The smallest absolute Gasteiger partial charge is 0.253 e. The maximum Gasteiger partial charge on any atom is 0.253 e. The first-order valence-electron chi connectivity index (χ1n) is 8.94. The molecule has 0 spiro atoms. The summed E-state index contributed by atoms with van der Waals surface area (Å²) >= 11 is 0. The lowest BCUT2D eigenvalue weighted by Crippen LogP contribution is -2.43. The van der Waals surface area contributed by atoms with E-state index in [0.717, 1.165) is 38.8 Å². The van der Waals surface area contributed by atoms with E-state index in [9.17, 15) is 9.59 Å². The highest BCUT2D eigenvalue weighted by Gasteiger charge is 2.31. The standard InChI is InChI=1S/C19H26N2O4/c1-24-16-6-5-15(13-17(16)25-2)19(23)21-11-7-14(8-12-21)18(22)20-9-3-4-10-20/h5-6,13-14H,3-4,7-12H2,1-2H3. The molecule has 2 amide bonds. The van der Waals surface area contributed by atoms with Crippen LogP contribution in [0, 0.1) is 5.92 Å². The second kappa shape index (κ2) is 7.76. The fraction of sp³-hybridized carbons (Fsp3) is 0.579. The van der Waals surface area contributed by atoms with Gasteiger partial charge in [0.2, 0.25) is 5.91 Å². The first-order chi connectivity index (χ1) is 12.1. The number of likely N-dealkylation sites (tertiary alicyclic amines) is 2. The number of benzene rings is 1. The molecule has 25 heavy (non-hydrogen) atoms. The molecule has 1 aromatic carbocycles. The number of methoxy groups -OCH3 is 2. The van der Waals surface area contributed by atoms with Gasteiger partial charge in [0.15, 0.2) is 11.5 Å². The van der Waals surface area contributed by atoms with Crippen molar-refractivity contribution >= 4 is 11.8 Å². The van der Waals surface area contributed by atoms with Crippen LogP contribution in [-0.4, -0.2) is 62.0 Å². The van der Waals surface area contributed by atoms with Gasteiger partial charge in [-0.2, -0.15) is 0 Å². The highest BCUT2D eigenvalue weighted by Crippen LogP contribution is 2.29. The van der Waals surface area contributed by atoms with E-state index in [1.807, 2.05) is 9.80 Å². The van der Waals surface area contributed by atoms with E-state index in [1.165, 1.54) is 0 Å². The Balaban J connectivity index is 1.60. The molecular weight excluding hydrogens is 320 g/mol. The largest absolute Gasteiger partial charge is 0.493 e. The molecule has 136 valence electrons. The minimum absolute atomic E-state index is 0.0203. The fourth-order valence-corrected chi connectivity index (χ4v) is 3.68. The van der Waals surface area contributed by atoms with Gasteiger partial charge in [-0.3, -0.25) is 9.59 Å². The predicted octanol–water partition coefficient (Wildman–Crippen LogP) is 2.18. The van der Waals surface area contributed by atoms with Crippen LogP contribution in [0.1, 0.15) is 36.0 Å². The van der Waals surface area contributed by atoms with E-state index in [1.54, 1.807) is 32.4 Å². The Morgan fingerprint density at radius 1 is 0.920 bits per heavy atom. The lowest BCUT2D eigenvalue weighted by atomic mass is 9.95. The fourth-order valence-electron chi connectivity index (χ4n) is 3.68. The highest BCUT2D eigenvalue weighted by molar-refractivity contribution is 5.95. The van der Waals surface area contributed by atoms with Gasteiger partial charge in [-0.15, -0.1) is 0 Å². The summed E-state index contributed by atoms with van der Waals surface area (Å²) in [6.07, 6.45) is 3.72. The van der Waals surface area contributed by atoms with E-state index in [-0.39, 0.29) is 17.7 Å². The van der Waals surface area contributed by atoms with Crippen molar-refractivity contribution in [3.63, 3.8) is 0 Å². The van der Waals surface area contributed by atoms with E-state index >= 15 is 0 Å². The number of hydrogen-bond donors (Lipinski definition) is 0. The van der Waals surface area contributed by atoms with Crippen molar-refractivity contribution in [2.45, 2.75) is 25.7 Å². The Hall–Kier alpha value is -2.24. The molecule has 0 unspecified atom stereocenters. The van der Waals surface area contributed by atoms with Crippen molar-refractivity contribution < 1.29 is 19.1 Å². The molecule has 3 rings (SSSR count). The monoisotopic (exact) mass is 346 g/mol. The van der Waals surface area contributed by atoms with Gasteiger partial charge in [0.25, 0.3) is 5.91 Å². The van der Waals surface area contributed by atoms with Crippen LogP contribution in [0.5, 0.6) is 11.5 Å². The maximum absolute atomic E-state index is 12.7. The van der Waals surface area contributed by atoms with Crippen molar-refractivity contribution in [1.29, 1.82) is 0 Å². The van der Waals surface area contributed by atoms with Crippen molar-refractivity contribution in [3.05, 3.63) is 23.8 Å². The molecule has 2 fully saturated rings. The van der Waals surface area contributed by atoms with Crippen LogP contribution in [0.25, 0.3) is 0 Å². The zero-order valence-electron chi connectivity index (χ0n) is 15.0. The van der Waals surface area contributed by atoms with Gasteiger partial charge < -0.3 is 19.3 Å². The second-order valence-electron chi connectivity index (χ2n) is 6.67. The summed E-state index contributed by atoms with van der Waals surface area (Å²) in [7, 11) is 3.13. The number of piperidine rings is 1. The molecule has 6 nitrogen and oxygen atoms in total. The Kier molecular flexibility index (Phi) is 5.46. The number of rotatable bonds is 4. The van der Waals surface area contributed by atoms with Gasteiger partial charge in [0, 0.05) is 37.7 Å². The van der Waals surface area contributed by atoms with Crippen LogP contribution >= 0.6 is 0 Å². The lowest BCUT2D eigenvalue weighted by Gasteiger charge is -2.33. The molecule has 2 aliphatic heterocycles. The van der Waals surface area contributed by atoms with Gasteiger partial charge in [-0.25, -0.2) is 0 Å². The van der Waals surface area contributed by atoms with E-state index < -0.39 is 0 Å². The first kappa shape index (κ1) is 17.6. The van der Waals surface area contributed by atoms with Crippen LogP contribution in [0.15, 0.2) is 18.2 Å². The van der Waals surface area contributed by atoms with Gasteiger partial charge in [0.05, 0.1) is 14.2 Å². The molecule has 0 aliphatic carbocycles. The maximum atomic E-state index is 12.7. The summed E-state index contributed by atoms with van der Waals surface area (Å²) in [6.45, 7) is 3.03. The van der Waals surface area contributed by atoms with Crippen molar-refractivity contribution in [3.8, 4) is 11.5 Å². The molecule has 0 aromatic heterocycles. The summed E-state index contributed by atoms with van der Waals surface area (Å²) in [5.41, 5.74) is 0.585. The molecule has 0 radical (unpaired) electrons. The van der Waals surface area contributed by atoms with Crippen molar-refractivity contribution in [1.82, 2.24) is 9.80 Å². The van der Waals surface area contributed by atoms with E-state index in [0.29, 0.717) is 30.2 Å². The Morgan fingerprint density at radius 3 is 2.16 bits per heavy atom. The summed E-state index contributed by atoms with van der Waals surface area (Å²) < 4.78 is 10.5. The van der Waals surface area contributed by atoms with Crippen LogP contribution in [0.2, 0.25) is 0 Å². The van der Waals surface area contributed by atoms with Crippen molar-refractivity contribution in [2.75, 3.05) is 40.4 Å². The third-order valence-electron chi connectivity index (χ3n) is 5.18. The number of ether oxygens (including phenoxy) is 2. The van der Waals surface area contributed by atoms with Gasteiger partial charge in [-0.05, 0) is 43.9 Å². The molecule has 0 N–H and O–H groups in total. The van der Waals surface area contributed by atoms with Crippen LogP contribution < -0.4 is 9.47 Å². The lowest BCUT2D eigenvalue weighted by molar-refractivity contribution is -0.135. The van der Waals surface area contributed by atoms with E-state index in [2.05, 4.69) is 0 Å². The number of carbonyl (C=O) groups is 2.